The van der Waals surface area contributed by atoms with Crippen molar-refractivity contribution in [3.8, 4) is 0 Å². The number of aryl methyl sites for hydroxylation is 1. The minimum atomic E-state index is -0.713. The minimum Gasteiger partial charge on any atom is -0.271 e. The van der Waals surface area contributed by atoms with E-state index in [1.165, 1.54) is 18.3 Å². The first-order chi connectivity index (χ1) is 9.54. The van der Waals surface area contributed by atoms with Gasteiger partial charge in [0.1, 0.15) is 11.6 Å². The average Bonchev–Trinajstić information content (AvgIpc) is 2.44. The Morgan fingerprint density at radius 2 is 2.10 bits per heavy atom. The average molecular weight is 298 g/mol. The lowest BCUT2D eigenvalue weighted by atomic mass is 9.97. The van der Waals surface area contributed by atoms with E-state index >= 15 is 0 Å². The topological polar surface area (TPSA) is 50.9 Å². The number of halogens is 3. The molecule has 1 heterocycles. The molecule has 1 aromatic carbocycles. The molecular weight excluding hydrogens is 284 g/mol. The van der Waals surface area contributed by atoms with Crippen LogP contribution in [-0.2, 0) is 6.42 Å². The van der Waals surface area contributed by atoms with E-state index in [0.29, 0.717) is 16.1 Å². The number of hydrazine groups is 1. The second-order valence-corrected chi connectivity index (χ2v) is 4.89. The molecule has 2 rings (SSSR count). The van der Waals surface area contributed by atoms with E-state index in [9.17, 15) is 8.78 Å². The zero-order valence-electron chi connectivity index (χ0n) is 10.8. The van der Waals surface area contributed by atoms with Gasteiger partial charge >= 0.3 is 0 Å². The second kappa shape index (κ2) is 6.26. The number of nitrogens with one attached hydrogen (secondary N) is 1. The van der Waals surface area contributed by atoms with Crippen molar-refractivity contribution in [1.29, 1.82) is 0 Å². The molecule has 3 N–H and O–H groups in total. The summed E-state index contributed by atoms with van der Waals surface area (Å²) < 4.78 is 28.0. The molecule has 6 heteroatoms. The molecule has 2 aromatic rings. The highest BCUT2D eigenvalue weighted by atomic mass is 35.5. The van der Waals surface area contributed by atoms with Crippen molar-refractivity contribution in [3.63, 3.8) is 0 Å². The third-order valence-electron chi connectivity index (χ3n) is 3.15. The number of nitrogens with zero attached hydrogens (tertiary/aromatic N) is 1. The Morgan fingerprint density at radius 1 is 1.35 bits per heavy atom. The van der Waals surface area contributed by atoms with Crippen LogP contribution in [0, 0.1) is 18.6 Å². The fraction of sp³-hybridized carbons (Fsp3) is 0.214. The Labute approximate surface area is 120 Å². The Kier molecular flexibility index (Phi) is 4.65. The summed E-state index contributed by atoms with van der Waals surface area (Å²) in [4.78, 5) is 3.87. The summed E-state index contributed by atoms with van der Waals surface area (Å²) in [6.07, 6.45) is 3.31. The number of nitrogens with two attached hydrogens (primary N) is 1. The fourth-order valence-corrected chi connectivity index (χ4v) is 2.23. The van der Waals surface area contributed by atoms with Gasteiger partial charge in [0, 0.05) is 18.0 Å². The smallest absolute Gasteiger partial charge is 0.133 e. The number of rotatable bonds is 4. The Morgan fingerprint density at radius 3 is 2.75 bits per heavy atom. The molecule has 0 bridgehead atoms. The van der Waals surface area contributed by atoms with Gasteiger partial charge in [-0.1, -0.05) is 17.7 Å². The van der Waals surface area contributed by atoms with Gasteiger partial charge in [0.05, 0.1) is 11.1 Å². The van der Waals surface area contributed by atoms with Crippen LogP contribution in [0.5, 0.6) is 0 Å². The highest BCUT2D eigenvalue weighted by molar-refractivity contribution is 6.31. The molecule has 0 aliphatic carbocycles. The van der Waals surface area contributed by atoms with Gasteiger partial charge in [-0.3, -0.25) is 16.3 Å². The van der Waals surface area contributed by atoms with Crippen LogP contribution in [0.4, 0.5) is 8.78 Å². The van der Waals surface area contributed by atoms with Gasteiger partial charge in [-0.15, -0.1) is 0 Å². The summed E-state index contributed by atoms with van der Waals surface area (Å²) in [5, 5.41) is 0.432. The van der Waals surface area contributed by atoms with Crippen molar-refractivity contribution >= 4 is 11.6 Å². The van der Waals surface area contributed by atoms with Crippen LogP contribution < -0.4 is 11.3 Å². The van der Waals surface area contributed by atoms with Gasteiger partial charge in [0.25, 0.3) is 0 Å². The molecule has 0 spiro atoms. The van der Waals surface area contributed by atoms with Gasteiger partial charge in [-0.2, -0.15) is 0 Å². The maximum atomic E-state index is 14.1. The highest BCUT2D eigenvalue weighted by Gasteiger charge is 2.21. The summed E-state index contributed by atoms with van der Waals surface area (Å²) in [6, 6.07) is 3.60. The predicted molar refractivity (Wildman–Crippen MR) is 74.1 cm³/mol. The lowest BCUT2D eigenvalue weighted by Crippen LogP contribution is -2.31. The summed E-state index contributed by atoms with van der Waals surface area (Å²) in [7, 11) is 0. The first-order valence-corrected chi connectivity index (χ1v) is 6.41. The molecular formula is C14H14ClF2N3. The molecule has 106 valence electrons. The maximum Gasteiger partial charge on any atom is 0.133 e. The van der Waals surface area contributed by atoms with Crippen LogP contribution in [0.25, 0.3) is 0 Å². The third-order valence-corrected chi connectivity index (χ3v) is 3.49. The van der Waals surface area contributed by atoms with E-state index in [2.05, 4.69) is 10.4 Å². The van der Waals surface area contributed by atoms with Crippen LogP contribution in [0.3, 0.4) is 0 Å². The van der Waals surface area contributed by atoms with Crippen LogP contribution in [0.2, 0.25) is 5.02 Å². The largest absolute Gasteiger partial charge is 0.271 e. The quantitative estimate of drug-likeness (QED) is 0.673. The fourth-order valence-electron chi connectivity index (χ4n) is 2.03. The van der Waals surface area contributed by atoms with E-state index in [-0.39, 0.29) is 12.0 Å². The second-order valence-electron chi connectivity index (χ2n) is 4.48. The molecule has 0 fully saturated rings. The molecule has 1 atom stereocenters. The van der Waals surface area contributed by atoms with Crippen LogP contribution in [0.1, 0.15) is 22.7 Å². The SMILES string of the molecule is Cc1ccc(F)c(C(Cc2ccncc2Cl)NN)c1F. The number of benzene rings is 1. The first-order valence-electron chi connectivity index (χ1n) is 6.03. The van der Waals surface area contributed by atoms with Crippen molar-refractivity contribution < 1.29 is 8.78 Å². The van der Waals surface area contributed by atoms with Crippen LogP contribution >= 0.6 is 11.6 Å². The van der Waals surface area contributed by atoms with Crippen LogP contribution in [-0.4, -0.2) is 4.98 Å². The highest BCUT2D eigenvalue weighted by Crippen LogP contribution is 2.27. The molecule has 20 heavy (non-hydrogen) atoms. The van der Waals surface area contributed by atoms with Crippen molar-refractivity contribution in [2.24, 2.45) is 5.84 Å². The number of hydrogen-bond donors (Lipinski definition) is 2. The predicted octanol–water partition coefficient (Wildman–Crippen LogP) is 3.07. The Bertz CT molecular complexity index is 619. The van der Waals surface area contributed by atoms with E-state index in [0.717, 1.165) is 0 Å². The molecule has 0 amide bonds. The molecule has 0 aliphatic rings. The van der Waals surface area contributed by atoms with Crippen LogP contribution in [0.15, 0.2) is 30.6 Å². The minimum absolute atomic E-state index is 0.0830. The summed E-state index contributed by atoms with van der Waals surface area (Å²) in [5.41, 5.74) is 3.44. The van der Waals surface area contributed by atoms with Gasteiger partial charge in [0.15, 0.2) is 0 Å². The normalized spacial score (nSPS) is 12.4. The monoisotopic (exact) mass is 297 g/mol. The lowest BCUT2D eigenvalue weighted by Gasteiger charge is -2.19. The maximum absolute atomic E-state index is 14.1. The van der Waals surface area contributed by atoms with E-state index in [1.54, 1.807) is 19.2 Å². The van der Waals surface area contributed by atoms with Gasteiger partial charge in [0.2, 0.25) is 0 Å². The van der Waals surface area contributed by atoms with Gasteiger partial charge in [-0.05, 0) is 36.6 Å². The standard InChI is InChI=1S/C14H14ClF2N3/c1-8-2-3-11(16)13(14(8)17)12(20-18)6-9-4-5-19-7-10(9)15/h2-5,7,12,20H,6,18H2,1H3. The molecule has 0 aliphatic heterocycles. The zero-order valence-corrected chi connectivity index (χ0v) is 11.6. The van der Waals surface area contributed by atoms with Crippen molar-refractivity contribution in [1.82, 2.24) is 10.4 Å². The Balaban J connectivity index is 2.39. The van der Waals surface area contributed by atoms with E-state index < -0.39 is 17.7 Å². The van der Waals surface area contributed by atoms with E-state index in [1.807, 2.05) is 0 Å². The van der Waals surface area contributed by atoms with E-state index in [4.69, 9.17) is 17.4 Å². The first kappa shape index (κ1) is 14.8. The Hall–Kier alpha value is -1.56. The zero-order chi connectivity index (χ0) is 14.7. The van der Waals surface area contributed by atoms with Gasteiger partial charge < -0.3 is 0 Å². The number of aromatic nitrogens is 1. The van der Waals surface area contributed by atoms with Gasteiger partial charge in [-0.25, -0.2) is 8.78 Å². The summed E-state index contributed by atoms with van der Waals surface area (Å²) >= 11 is 6.01. The summed E-state index contributed by atoms with van der Waals surface area (Å²) in [6.45, 7) is 1.57. The van der Waals surface area contributed by atoms with Crippen molar-refractivity contribution in [2.45, 2.75) is 19.4 Å². The molecule has 0 saturated heterocycles. The molecule has 1 unspecified atom stereocenters. The van der Waals surface area contributed by atoms with Crippen molar-refractivity contribution in [2.75, 3.05) is 0 Å². The molecule has 0 saturated carbocycles. The van der Waals surface area contributed by atoms with Crippen molar-refractivity contribution in [3.05, 3.63) is 63.9 Å². The number of hydrogen-bond acceptors (Lipinski definition) is 3. The summed E-state index contributed by atoms with van der Waals surface area (Å²) in [5.74, 6) is 4.21. The molecule has 1 aromatic heterocycles. The molecule has 0 radical (unpaired) electrons. The number of pyridine rings is 1. The molecule has 3 nitrogen and oxygen atoms in total. The third kappa shape index (κ3) is 2.95. The lowest BCUT2D eigenvalue weighted by molar-refractivity contribution is 0.470.